The van der Waals surface area contributed by atoms with Crippen molar-refractivity contribution in [3.8, 4) is 0 Å². The Kier molecular flexibility index (Phi) is 5.16. The minimum atomic E-state index is -0.152. The number of nitrogens with one attached hydrogen (secondary N) is 1. The monoisotopic (exact) mass is 291 g/mol. The Bertz CT molecular complexity index is 583. The van der Waals surface area contributed by atoms with Crippen molar-refractivity contribution < 1.29 is 4.39 Å². The van der Waals surface area contributed by atoms with Gasteiger partial charge in [-0.05, 0) is 48.7 Å². The molecule has 0 aromatic heterocycles. The van der Waals surface area contributed by atoms with Gasteiger partial charge in [0.1, 0.15) is 5.82 Å². The average Bonchev–Trinajstić information content (AvgIpc) is 2.44. The number of rotatable bonds is 5. The summed E-state index contributed by atoms with van der Waals surface area (Å²) in [6.07, 6.45) is 0.627. The summed E-state index contributed by atoms with van der Waals surface area (Å²) in [5.41, 5.74) is 2.91. The first-order valence-corrected chi connectivity index (χ1v) is 7.22. The molecular weight excluding hydrogens is 273 g/mol. The van der Waals surface area contributed by atoms with Gasteiger partial charge < -0.3 is 5.32 Å². The molecule has 3 heteroatoms. The van der Waals surface area contributed by atoms with Crippen LogP contribution in [0.5, 0.6) is 0 Å². The maximum atomic E-state index is 13.8. The SMILES string of the molecule is CCNC(Cc1ccccc1F)c1ccc(Cl)c(C)c1. The van der Waals surface area contributed by atoms with E-state index < -0.39 is 0 Å². The highest BCUT2D eigenvalue weighted by Gasteiger charge is 2.14. The Morgan fingerprint density at radius 1 is 1.20 bits per heavy atom. The van der Waals surface area contributed by atoms with E-state index in [-0.39, 0.29) is 11.9 Å². The molecule has 2 aromatic carbocycles. The lowest BCUT2D eigenvalue weighted by molar-refractivity contribution is 0.528. The number of hydrogen-bond acceptors (Lipinski definition) is 1. The molecule has 1 atom stereocenters. The second-order valence-electron chi connectivity index (χ2n) is 4.91. The Balaban J connectivity index is 2.27. The summed E-state index contributed by atoms with van der Waals surface area (Å²) in [5, 5.41) is 4.17. The van der Waals surface area contributed by atoms with Crippen LogP contribution in [0.2, 0.25) is 5.02 Å². The molecule has 0 fully saturated rings. The van der Waals surface area contributed by atoms with E-state index in [1.807, 2.05) is 31.2 Å². The topological polar surface area (TPSA) is 12.0 Å². The Labute approximate surface area is 124 Å². The predicted molar refractivity (Wildman–Crippen MR) is 82.7 cm³/mol. The fourth-order valence-electron chi connectivity index (χ4n) is 2.32. The van der Waals surface area contributed by atoms with Crippen molar-refractivity contribution in [1.82, 2.24) is 5.32 Å². The van der Waals surface area contributed by atoms with Crippen LogP contribution in [0.4, 0.5) is 4.39 Å². The number of benzene rings is 2. The van der Waals surface area contributed by atoms with Crippen LogP contribution >= 0.6 is 11.6 Å². The van der Waals surface area contributed by atoms with Crippen molar-refractivity contribution in [2.45, 2.75) is 26.3 Å². The Morgan fingerprint density at radius 3 is 2.60 bits per heavy atom. The zero-order valence-electron chi connectivity index (χ0n) is 11.8. The van der Waals surface area contributed by atoms with Gasteiger partial charge in [-0.1, -0.05) is 48.9 Å². The molecule has 0 heterocycles. The third kappa shape index (κ3) is 3.59. The van der Waals surface area contributed by atoms with Gasteiger partial charge in [-0.25, -0.2) is 4.39 Å². The average molecular weight is 292 g/mol. The summed E-state index contributed by atoms with van der Waals surface area (Å²) in [6, 6.07) is 13.0. The highest BCUT2D eigenvalue weighted by molar-refractivity contribution is 6.31. The molecule has 0 aliphatic rings. The first-order chi connectivity index (χ1) is 9.61. The van der Waals surface area contributed by atoms with Gasteiger partial charge in [-0.15, -0.1) is 0 Å². The minimum absolute atomic E-state index is 0.0906. The Hall–Kier alpha value is -1.38. The van der Waals surface area contributed by atoms with Crippen molar-refractivity contribution in [3.63, 3.8) is 0 Å². The van der Waals surface area contributed by atoms with Gasteiger partial charge in [-0.2, -0.15) is 0 Å². The quantitative estimate of drug-likeness (QED) is 0.843. The summed E-state index contributed by atoms with van der Waals surface area (Å²) >= 11 is 6.07. The van der Waals surface area contributed by atoms with Crippen LogP contribution in [-0.4, -0.2) is 6.54 Å². The fraction of sp³-hybridized carbons (Fsp3) is 0.294. The molecule has 0 saturated carbocycles. The van der Waals surface area contributed by atoms with E-state index >= 15 is 0 Å². The van der Waals surface area contributed by atoms with E-state index in [2.05, 4.69) is 18.3 Å². The lowest BCUT2D eigenvalue weighted by Gasteiger charge is -2.19. The first kappa shape index (κ1) is 15.0. The van der Waals surface area contributed by atoms with Crippen LogP contribution in [0.3, 0.4) is 0 Å². The van der Waals surface area contributed by atoms with Gasteiger partial charge in [0.15, 0.2) is 0 Å². The van der Waals surface area contributed by atoms with Gasteiger partial charge in [0, 0.05) is 11.1 Å². The van der Waals surface area contributed by atoms with E-state index in [9.17, 15) is 4.39 Å². The van der Waals surface area contributed by atoms with Crippen LogP contribution in [0.15, 0.2) is 42.5 Å². The van der Waals surface area contributed by atoms with Crippen molar-refractivity contribution in [2.75, 3.05) is 6.54 Å². The van der Waals surface area contributed by atoms with Crippen molar-refractivity contribution in [1.29, 1.82) is 0 Å². The van der Waals surface area contributed by atoms with Crippen LogP contribution in [0.1, 0.15) is 29.7 Å². The maximum absolute atomic E-state index is 13.8. The molecule has 0 radical (unpaired) electrons. The van der Waals surface area contributed by atoms with Crippen LogP contribution in [-0.2, 0) is 6.42 Å². The van der Waals surface area contributed by atoms with Gasteiger partial charge in [0.05, 0.1) is 0 Å². The van der Waals surface area contributed by atoms with E-state index in [0.29, 0.717) is 6.42 Å². The molecule has 20 heavy (non-hydrogen) atoms. The smallest absolute Gasteiger partial charge is 0.126 e. The van der Waals surface area contributed by atoms with Crippen molar-refractivity contribution >= 4 is 11.6 Å². The molecule has 0 aliphatic heterocycles. The lowest BCUT2D eigenvalue weighted by atomic mass is 9.97. The van der Waals surface area contributed by atoms with Crippen molar-refractivity contribution in [2.24, 2.45) is 0 Å². The summed E-state index contributed by atoms with van der Waals surface area (Å²) in [4.78, 5) is 0. The fourth-order valence-corrected chi connectivity index (χ4v) is 2.44. The standard InChI is InChI=1S/C17H19ClFN/c1-3-20-17(11-13-6-4-5-7-16(13)19)14-8-9-15(18)12(2)10-14/h4-10,17,20H,3,11H2,1-2H3. The van der Waals surface area contributed by atoms with E-state index in [4.69, 9.17) is 11.6 Å². The molecule has 1 N–H and O–H groups in total. The number of likely N-dealkylation sites (N-methyl/N-ethyl adjacent to an activating group) is 1. The zero-order valence-corrected chi connectivity index (χ0v) is 12.5. The summed E-state index contributed by atoms with van der Waals surface area (Å²) < 4.78 is 13.8. The third-order valence-electron chi connectivity index (χ3n) is 3.42. The highest BCUT2D eigenvalue weighted by atomic mass is 35.5. The van der Waals surface area contributed by atoms with Gasteiger partial charge in [0.25, 0.3) is 0 Å². The molecule has 0 aliphatic carbocycles. The van der Waals surface area contributed by atoms with Gasteiger partial charge in [0.2, 0.25) is 0 Å². The lowest BCUT2D eigenvalue weighted by Crippen LogP contribution is -2.23. The number of aryl methyl sites for hydroxylation is 1. The molecule has 106 valence electrons. The molecule has 1 nitrogen and oxygen atoms in total. The molecule has 0 saturated heterocycles. The van der Waals surface area contributed by atoms with Crippen LogP contribution < -0.4 is 5.32 Å². The molecule has 0 spiro atoms. The van der Waals surface area contributed by atoms with Crippen LogP contribution in [0, 0.1) is 12.7 Å². The normalized spacial score (nSPS) is 12.4. The first-order valence-electron chi connectivity index (χ1n) is 6.84. The van der Waals surface area contributed by atoms with Crippen molar-refractivity contribution in [3.05, 3.63) is 70.0 Å². The van der Waals surface area contributed by atoms with Crippen LogP contribution in [0.25, 0.3) is 0 Å². The number of hydrogen-bond donors (Lipinski definition) is 1. The second kappa shape index (κ2) is 6.87. The molecular formula is C17H19ClFN. The molecule has 0 amide bonds. The van der Waals surface area contributed by atoms with E-state index in [1.54, 1.807) is 6.07 Å². The third-order valence-corrected chi connectivity index (χ3v) is 3.84. The maximum Gasteiger partial charge on any atom is 0.126 e. The number of halogens is 2. The molecule has 2 aromatic rings. The Morgan fingerprint density at radius 2 is 1.95 bits per heavy atom. The summed E-state index contributed by atoms with van der Waals surface area (Å²) in [7, 11) is 0. The van der Waals surface area contributed by atoms with Gasteiger partial charge in [-0.3, -0.25) is 0 Å². The molecule has 2 rings (SSSR count). The second-order valence-corrected chi connectivity index (χ2v) is 5.32. The van der Waals surface area contributed by atoms with Gasteiger partial charge >= 0.3 is 0 Å². The molecule has 0 bridgehead atoms. The summed E-state index contributed by atoms with van der Waals surface area (Å²) in [6.45, 7) is 4.87. The van der Waals surface area contributed by atoms with E-state index in [0.717, 1.165) is 28.3 Å². The zero-order chi connectivity index (χ0) is 14.5. The molecule has 1 unspecified atom stereocenters. The summed E-state index contributed by atoms with van der Waals surface area (Å²) in [5.74, 6) is -0.152. The largest absolute Gasteiger partial charge is 0.310 e. The predicted octanol–water partition coefficient (Wildman–Crippen LogP) is 4.68. The highest BCUT2D eigenvalue weighted by Crippen LogP contribution is 2.24. The van der Waals surface area contributed by atoms with E-state index in [1.165, 1.54) is 6.07 Å². The minimum Gasteiger partial charge on any atom is -0.310 e.